The summed E-state index contributed by atoms with van der Waals surface area (Å²) in [4.78, 5) is 28.1. The lowest BCUT2D eigenvalue weighted by Gasteiger charge is -2.02. The number of nitrogens with zero attached hydrogens (tertiary/aromatic N) is 2. The van der Waals surface area contributed by atoms with Crippen molar-refractivity contribution in [3.05, 3.63) is 51.0 Å². The number of pyridine rings is 1. The number of halogens is 1. The number of aromatic nitrogens is 2. The van der Waals surface area contributed by atoms with Crippen molar-refractivity contribution in [2.45, 2.75) is 0 Å². The van der Waals surface area contributed by atoms with Gasteiger partial charge in [-0.3, -0.25) is 14.9 Å². The van der Waals surface area contributed by atoms with Crippen molar-refractivity contribution in [2.75, 3.05) is 5.32 Å². The van der Waals surface area contributed by atoms with Crippen molar-refractivity contribution in [1.29, 1.82) is 0 Å². The van der Waals surface area contributed by atoms with Crippen LogP contribution in [0.3, 0.4) is 0 Å². The topological polar surface area (TPSA) is 101 Å². The van der Waals surface area contributed by atoms with E-state index in [4.69, 9.17) is 0 Å². The van der Waals surface area contributed by atoms with Crippen LogP contribution in [0, 0.1) is 10.1 Å². The van der Waals surface area contributed by atoms with Crippen LogP contribution in [-0.4, -0.2) is 20.8 Å². The van der Waals surface area contributed by atoms with E-state index in [9.17, 15) is 14.9 Å². The predicted molar refractivity (Wildman–Crippen MR) is 67.3 cm³/mol. The van der Waals surface area contributed by atoms with E-state index >= 15 is 0 Å². The Morgan fingerprint density at radius 2 is 2.28 bits per heavy atom. The summed E-state index contributed by atoms with van der Waals surface area (Å²) in [5.74, 6) is -0.466. The normalized spacial score (nSPS) is 10.1. The Balaban J connectivity index is 2.11. The second kappa shape index (κ2) is 4.96. The molecule has 2 aromatic rings. The van der Waals surface area contributed by atoms with Gasteiger partial charge in [-0.15, -0.1) is 0 Å². The first-order valence-corrected chi connectivity index (χ1v) is 5.61. The highest BCUT2D eigenvalue weighted by molar-refractivity contribution is 9.10. The van der Waals surface area contributed by atoms with E-state index in [1.807, 2.05) is 0 Å². The summed E-state index contributed by atoms with van der Waals surface area (Å²) in [5.41, 5.74) is 0.458. The van der Waals surface area contributed by atoms with Crippen LogP contribution < -0.4 is 5.32 Å². The van der Waals surface area contributed by atoms with Crippen LogP contribution in [-0.2, 0) is 0 Å². The van der Waals surface area contributed by atoms with Crippen molar-refractivity contribution in [1.82, 2.24) is 9.97 Å². The van der Waals surface area contributed by atoms with Gasteiger partial charge in [0.25, 0.3) is 11.6 Å². The molecule has 0 spiro atoms. The Morgan fingerprint density at radius 1 is 1.50 bits per heavy atom. The Kier molecular flexibility index (Phi) is 3.38. The summed E-state index contributed by atoms with van der Waals surface area (Å²) in [7, 11) is 0. The van der Waals surface area contributed by atoms with Crippen molar-refractivity contribution in [2.24, 2.45) is 0 Å². The fourth-order valence-corrected chi connectivity index (χ4v) is 1.50. The molecule has 2 rings (SSSR count). The number of hydrogen-bond donors (Lipinski definition) is 2. The maximum Gasteiger partial charge on any atom is 0.287 e. The Hall–Kier alpha value is -2.22. The molecule has 2 aromatic heterocycles. The molecular weight excluding hydrogens is 304 g/mol. The maximum absolute atomic E-state index is 11.7. The van der Waals surface area contributed by atoms with Gasteiger partial charge in [0.2, 0.25) is 0 Å². The van der Waals surface area contributed by atoms with Crippen LogP contribution in [0.5, 0.6) is 0 Å². The first kappa shape index (κ1) is 12.2. The van der Waals surface area contributed by atoms with Crippen molar-refractivity contribution < 1.29 is 9.72 Å². The minimum atomic E-state index is -0.575. The Labute approximate surface area is 110 Å². The van der Waals surface area contributed by atoms with Gasteiger partial charge in [0.05, 0.1) is 23.0 Å². The van der Waals surface area contributed by atoms with E-state index in [1.165, 1.54) is 12.3 Å². The van der Waals surface area contributed by atoms with Gasteiger partial charge in [-0.2, -0.15) is 0 Å². The average Bonchev–Trinajstić information content (AvgIpc) is 2.81. The highest BCUT2D eigenvalue weighted by atomic mass is 79.9. The number of carbonyl (C=O) groups excluding carboxylic acids is 1. The third kappa shape index (κ3) is 2.72. The van der Waals surface area contributed by atoms with Crippen LogP contribution >= 0.6 is 15.9 Å². The summed E-state index contributed by atoms with van der Waals surface area (Å²) in [6.45, 7) is 0. The smallest absolute Gasteiger partial charge is 0.287 e. The average molecular weight is 311 g/mol. The van der Waals surface area contributed by atoms with E-state index in [2.05, 4.69) is 31.2 Å². The highest BCUT2D eigenvalue weighted by Gasteiger charge is 2.14. The van der Waals surface area contributed by atoms with E-state index in [0.717, 1.165) is 6.20 Å². The molecule has 0 saturated heterocycles. The molecule has 0 unspecified atom stereocenters. The molecule has 0 atom stereocenters. The van der Waals surface area contributed by atoms with Crippen LogP contribution in [0.1, 0.15) is 10.5 Å². The number of H-pyrrole nitrogens is 1. The second-order valence-corrected chi connectivity index (χ2v) is 4.16. The van der Waals surface area contributed by atoms with Crippen molar-refractivity contribution >= 4 is 33.2 Å². The summed E-state index contributed by atoms with van der Waals surface area (Å²) in [6.07, 6.45) is 2.63. The quantitative estimate of drug-likeness (QED) is 0.516. The van der Waals surface area contributed by atoms with Crippen molar-refractivity contribution in [3.63, 3.8) is 0 Å². The highest BCUT2D eigenvalue weighted by Crippen LogP contribution is 2.15. The third-order valence-corrected chi connectivity index (χ3v) is 2.58. The fraction of sp³-hybridized carbons (Fsp3) is 0. The molecule has 0 aliphatic rings. The molecule has 8 heteroatoms. The molecule has 92 valence electrons. The minimum Gasteiger partial charge on any atom is -0.351 e. The van der Waals surface area contributed by atoms with Crippen LogP contribution in [0.25, 0.3) is 0 Å². The molecule has 1 amide bonds. The molecule has 2 N–H and O–H groups in total. The van der Waals surface area contributed by atoms with E-state index in [0.29, 0.717) is 10.3 Å². The fourth-order valence-electron chi connectivity index (χ4n) is 1.27. The van der Waals surface area contributed by atoms with Gasteiger partial charge in [0, 0.05) is 6.07 Å². The standard InChI is InChI=1S/C10H7BrN4O3/c11-9-2-1-6(4-13-9)14-10(16)8-3-7(5-12-8)15(17)18/h1-5,12H,(H,14,16). The summed E-state index contributed by atoms with van der Waals surface area (Å²) < 4.78 is 0.649. The van der Waals surface area contributed by atoms with E-state index in [1.54, 1.807) is 12.1 Å². The van der Waals surface area contributed by atoms with E-state index in [-0.39, 0.29) is 11.4 Å². The predicted octanol–water partition coefficient (Wildman–Crippen LogP) is 2.33. The lowest BCUT2D eigenvalue weighted by Crippen LogP contribution is -2.12. The van der Waals surface area contributed by atoms with Gasteiger partial charge in [-0.05, 0) is 28.1 Å². The molecule has 0 saturated carbocycles. The molecule has 0 radical (unpaired) electrons. The summed E-state index contributed by atoms with van der Waals surface area (Å²) >= 11 is 3.17. The van der Waals surface area contributed by atoms with Crippen LogP contribution in [0.2, 0.25) is 0 Å². The SMILES string of the molecule is O=C(Nc1ccc(Br)nc1)c1cc([N+](=O)[O-])c[nH]1. The number of carbonyl (C=O) groups is 1. The molecule has 18 heavy (non-hydrogen) atoms. The molecule has 0 aliphatic carbocycles. The number of nitrogens with one attached hydrogen (secondary N) is 2. The number of aromatic amines is 1. The van der Waals surface area contributed by atoms with Gasteiger partial charge >= 0.3 is 0 Å². The third-order valence-electron chi connectivity index (χ3n) is 2.11. The zero-order chi connectivity index (χ0) is 13.1. The van der Waals surface area contributed by atoms with Crippen LogP contribution in [0.4, 0.5) is 11.4 Å². The van der Waals surface area contributed by atoms with E-state index < -0.39 is 10.8 Å². The maximum atomic E-state index is 11.7. The second-order valence-electron chi connectivity index (χ2n) is 3.35. The largest absolute Gasteiger partial charge is 0.351 e. The number of nitro groups is 1. The van der Waals surface area contributed by atoms with Gasteiger partial charge < -0.3 is 10.3 Å². The van der Waals surface area contributed by atoms with Gasteiger partial charge in [-0.25, -0.2) is 4.98 Å². The zero-order valence-corrected chi connectivity index (χ0v) is 10.5. The number of anilines is 1. The first-order chi connectivity index (χ1) is 8.56. The molecule has 0 aliphatic heterocycles. The zero-order valence-electron chi connectivity index (χ0n) is 8.88. The Morgan fingerprint density at radius 3 is 2.83 bits per heavy atom. The minimum absolute atomic E-state index is 0.115. The van der Waals surface area contributed by atoms with Gasteiger partial charge in [-0.1, -0.05) is 0 Å². The molecule has 0 aromatic carbocycles. The number of hydrogen-bond acceptors (Lipinski definition) is 4. The monoisotopic (exact) mass is 310 g/mol. The molecular formula is C10H7BrN4O3. The number of rotatable bonds is 3. The molecule has 7 nitrogen and oxygen atoms in total. The lowest BCUT2D eigenvalue weighted by atomic mass is 10.3. The lowest BCUT2D eigenvalue weighted by molar-refractivity contribution is -0.384. The molecule has 2 heterocycles. The summed E-state index contributed by atoms with van der Waals surface area (Å²) in [6, 6.07) is 4.50. The summed E-state index contributed by atoms with van der Waals surface area (Å²) in [5, 5.41) is 13.0. The van der Waals surface area contributed by atoms with Crippen molar-refractivity contribution in [3.8, 4) is 0 Å². The number of amides is 1. The Bertz CT molecular complexity index is 593. The van der Waals surface area contributed by atoms with Gasteiger partial charge in [0.15, 0.2) is 0 Å². The van der Waals surface area contributed by atoms with Crippen LogP contribution in [0.15, 0.2) is 35.2 Å². The first-order valence-electron chi connectivity index (χ1n) is 4.82. The molecule has 0 fully saturated rings. The molecule has 0 bridgehead atoms. The van der Waals surface area contributed by atoms with Gasteiger partial charge in [0.1, 0.15) is 10.3 Å².